The number of fused-ring (bicyclic) bond motifs is 1. The predicted molar refractivity (Wildman–Crippen MR) is 106 cm³/mol. The molecular formula is C20H25BF3NO7. The van der Waals surface area contributed by atoms with Crippen molar-refractivity contribution < 1.29 is 46.7 Å². The molecule has 0 saturated carbocycles. The van der Waals surface area contributed by atoms with Gasteiger partial charge in [-0.2, -0.15) is 13.2 Å². The first-order valence-corrected chi connectivity index (χ1v) is 10.2. The molecule has 1 aromatic carbocycles. The molecule has 0 radical (unpaired) electrons. The SMILES string of the molecule is CCC(CC)C(=O)OCOC(=O)c1cccc2c1OB(O)[C@@H](NC(=O)CCC(F)(F)F)C2. The zero-order valence-corrected chi connectivity index (χ0v) is 17.7. The molecule has 2 rings (SSSR count). The molecule has 1 amide bonds. The van der Waals surface area contributed by atoms with Crippen molar-refractivity contribution in [1.29, 1.82) is 0 Å². The first-order valence-electron chi connectivity index (χ1n) is 10.2. The number of rotatable bonds is 9. The summed E-state index contributed by atoms with van der Waals surface area (Å²) >= 11 is 0. The van der Waals surface area contributed by atoms with E-state index in [0.717, 1.165) is 0 Å². The quantitative estimate of drug-likeness (QED) is 0.332. The number of nitrogens with one attached hydrogen (secondary N) is 1. The molecule has 2 N–H and O–H groups in total. The average molecular weight is 459 g/mol. The molecule has 1 aliphatic heterocycles. The van der Waals surface area contributed by atoms with Crippen LogP contribution in [0, 0.1) is 5.92 Å². The van der Waals surface area contributed by atoms with E-state index in [9.17, 15) is 32.6 Å². The number of alkyl halides is 3. The normalized spacial score (nSPS) is 15.6. The van der Waals surface area contributed by atoms with Crippen molar-refractivity contribution in [2.75, 3.05) is 6.79 Å². The van der Waals surface area contributed by atoms with Crippen LogP contribution in [-0.2, 0) is 25.5 Å². The van der Waals surface area contributed by atoms with Crippen LogP contribution in [-0.4, -0.2) is 48.9 Å². The van der Waals surface area contributed by atoms with Crippen LogP contribution in [0.5, 0.6) is 5.75 Å². The highest BCUT2D eigenvalue weighted by molar-refractivity contribution is 6.47. The van der Waals surface area contributed by atoms with Crippen molar-refractivity contribution >= 4 is 25.0 Å². The standard InChI is InChI=1S/C20H25BF3NO7/c1-3-12(4-2)18(27)30-11-31-19(28)14-7-5-6-13-10-15(21(29)32-17(13)14)25-16(26)8-9-20(22,23)24/h5-7,12,15,29H,3-4,8-11H2,1-2H3,(H,25,26)/t15-/m0/s1. The smallest absolute Gasteiger partial charge is 0.534 e. The number of hydrogen-bond donors (Lipinski definition) is 2. The molecule has 1 heterocycles. The number of carbonyl (C=O) groups is 3. The van der Waals surface area contributed by atoms with Crippen molar-refractivity contribution in [3.05, 3.63) is 29.3 Å². The number of ether oxygens (including phenoxy) is 2. The number of amides is 1. The zero-order chi connectivity index (χ0) is 23.9. The second kappa shape index (κ2) is 11.2. The van der Waals surface area contributed by atoms with Crippen LogP contribution in [0.25, 0.3) is 0 Å². The molecule has 0 bridgehead atoms. The molecular weight excluding hydrogens is 434 g/mol. The summed E-state index contributed by atoms with van der Waals surface area (Å²) in [5, 5.41) is 12.5. The Morgan fingerprint density at radius 3 is 2.56 bits per heavy atom. The molecule has 1 atom stereocenters. The summed E-state index contributed by atoms with van der Waals surface area (Å²) in [4.78, 5) is 36.0. The van der Waals surface area contributed by atoms with Crippen LogP contribution < -0.4 is 9.97 Å². The zero-order valence-electron chi connectivity index (χ0n) is 17.7. The first-order chi connectivity index (χ1) is 15.1. The van der Waals surface area contributed by atoms with Gasteiger partial charge in [0.1, 0.15) is 11.3 Å². The minimum Gasteiger partial charge on any atom is -0.534 e. The van der Waals surface area contributed by atoms with E-state index < -0.39 is 56.7 Å². The summed E-state index contributed by atoms with van der Waals surface area (Å²) in [7, 11) is -1.58. The minimum absolute atomic E-state index is 0.0251. The Labute approximate surface area is 183 Å². The van der Waals surface area contributed by atoms with E-state index in [1.807, 2.05) is 13.8 Å². The van der Waals surface area contributed by atoms with Crippen molar-refractivity contribution in [1.82, 2.24) is 5.32 Å². The van der Waals surface area contributed by atoms with E-state index in [1.165, 1.54) is 12.1 Å². The van der Waals surface area contributed by atoms with Crippen molar-refractivity contribution in [3.8, 4) is 5.75 Å². The van der Waals surface area contributed by atoms with Crippen LogP contribution in [0.15, 0.2) is 18.2 Å². The topological polar surface area (TPSA) is 111 Å². The van der Waals surface area contributed by atoms with Gasteiger partial charge in [0.15, 0.2) is 0 Å². The maximum atomic E-state index is 12.4. The molecule has 0 spiro atoms. The van der Waals surface area contributed by atoms with Crippen molar-refractivity contribution in [2.45, 2.75) is 58.1 Å². The lowest BCUT2D eigenvalue weighted by molar-refractivity contribution is -0.157. The van der Waals surface area contributed by atoms with Crippen LogP contribution >= 0.6 is 0 Å². The lowest BCUT2D eigenvalue weighted by Gasteiger charge is -2.29. The third-order valence-corrected chi connectivity index (χ3v) is 5.03. The van der Waals surface area contributed by atoms with Gasteiger partial charge in [-0.05, 0) is 30.9 Å². The second-order valence-corrected chi connectivity index (χ2v) is 7.32. The first kappa shape index (κ1) is 25.5. The molecule has 12 heteroatoms. The summed E-state index contributed by atoms with van der Waals surface area (Å²) in [6.45, 7) is 3.09. The van der Waals surface area contributed by atoms with Gasteiger partial charge in [-0.15, -0.1) is 0 Å². The molecule has 0 unspecified atom stereocenters. The molecule has 8 nitrogen and oxygen atoms in total. The second-order valence-electron chi connectivity index (χ2n) is 7.32. The van der Waals surface area contributed by atoms with Gasteiger partial charge in [0, 0.05) is 6.42 Å². The maximum absolute atomic E-state index is 12.4. The van der Waals surface area contributed by atoms with Crippen LogP contribution in [0.3, 0.4) is 0 Å². The maximum Gasteiger partial charge on any atom is 0.547 e. The molecule has 0 aromatic heterocycles. The minimum atomic E-state index is -4.47. The van der Waals surface area contributed by atoms with Gasteiger partial charge in [-0.3, -0.25) is 9.59 Å². The molecule has 176 valence electrons. The van der Waals surface area contributed by atoms with Gasteiger partial charge in [0.05, 0.1) is 18.3 Å². The van der Waals surface area contributed by atoms with E-state index in [-0.39, 0.29) is 23.7 Å². The highest BCUT2D eigenvalue weighted by atomic mass is 19.4. The Morgan fingerprint density at radius 1 is 1.25 bits per heavy atom. The van der Waals surface area contributed by atoms with Crippen LogP contribution in [0.1, 0.15) is 55.5 Å². The fourth-order valence-corrected chi connectivity index (χ4v) is 3.20. The van der Waals surface area contributed by atoms with E-state index in [4.69, 9.17) is 14.1 Å². The lowest BCUT2D eigenvalue weighted by Crippen LogP contribution is -2.53. The van der Waals surface area contributed by atoms with Gasteiger partial charge in [-0.1, -0.05) is 26.0 Å². The Balaban J connectivity index is 1.98. The third-order valence-electron chi connectivity index (χ3n) is 5.03. The Kier molecular flexibility index (Phi) is 8.94. The van der Waals surface area contributed by atoms with Gasteiger partial charge in [-0.25, -0.2) is 4.79 Å². The van der Waals surface area contributed by atoms with E-state index >= 15 is 0 Å². The lowest BCUT2D eigenvalue weighted by atomic mass is 9.72. The average Bonchev–Trinajstić information content (AvgIpc) is 2.72. The van der Waals surface area contributed by atoms with Gasteiger partial charge in [0.25, 0.3) is 0 Å². The van der Waals surface area contributed by atoms with Gasteiger partial charge < -0.3 is 24.5 Å². The van der Waals surface area contributed by atoms with Gasteiger partial charge in [0.2, 0.25) is 12.7 Å². The summed E-state index contributed by atoms with van der Waals surface area (Å²) in [5.74, 6) is -3.46. The van der Waals surface area contributed by atoms with Crippen molar-refractivity contribution in [3.63, 3.8) is 0 Å². The van der Waals surface area contributed by atoms with Crippen LogP contribution in [0.4, 0.5) is 13.2 Å². The summed E-state index contributed by atoms with van der Waals surface area (Å²) < 4.78 is 52.1. The number of esters is 2. The fourth-order valence-electron chi connectivity index (χ4n) is 3.20. The highest BCUT2D eigenvalue weighted by Gasteiger charge is 2.38. The molecule has 0 aliphatic carbocycles. The predicted octanol–water partition coefficient (Wildman–Crippen LogP) is 2.56. The van der Waals surface area contributed by atoms with E-state index in [0.29, 0.717) is 18.4 Å². The third kappa shape index (κ3) is 7.15. The summed E-state index contributed by atoms with van der Waals surface area (Å²) in [6, 6.07) is 4.49. The fraction of sp³-hybridized carbons (Fsp3) is 0.550. The molecule has 1 aliphatic rings. The monoisotopic (exact) mass is 459 g/mol. The number of benzene rings is 1. The van der Waals surface area contributed by atoms with Crippen molar-refractivity contribution in [2.24, 2.45) is 5.92 Å². The van der Waals surface area contributed by atoms with E-state index in [1.54, 1.807) is 6.07 Å². The van der Waals surface area contributed by atoms with E-state index in [2.05, 4.69) is 5.32 Å². The molecule has 0 saturated heterocycles. The number of halogens is 3. The Morgan fingerprint density at radius 2 is 1.94 bits per heavy atom. The highest BCUT2D eigenvalue weighted by Crippen LogP contribution is 2.31. The number of carbonyl (C=O) groups excluding carboxylic acids is 3. The largest absolute Gasteiger partial charge is 0.547 e. The summed E-state index contributed by atoms with van der Waals surface area (Å²) in [5.41, 5.74) is 0.418. The Bertz CT molecular complexity index is 830. The summed E-state index contributed by atoms with van der Waals surface area (Å²) in [6.07, 6.45) is -5.31. The molecule has 32 heavy (non-hydrogen) atoms. The molecule has 0 fully saturated rings. The number of para-hydroxylation sites is 1. The molecule has 1 aromatic rings. The Hall–Kier alpha value is -2.76. The number of hydrogen-bond acceptors (Lipinski definition) is 7. The van der Waals surface area contributed by atoms with Gasteiger partial charge >= 0.3 is 25.2 Å². The van der Waals surface area contributed by atoms with Crippen LogP contribution in [0.2, 0.25) is 0 Å².